The van der Waals surface area contributed by atoms with Crippen molar-refractivity contribution in [2.75, 3.05) is 54.4 Å². The molecule has 6 rings (SSSR count). The van der Waals surface area contributed by atoms with E-state index in [1.807, 2.05) is 96.2 Å². The number of aromatic nitrogens is 3. The van der Waals surface area contributed by atoms with Crippen LogP contribution in [0.15, 0.2) is 95.8 Å². The van der Waals surface area contributed by atoms with Gasteiger partial charge in [-0.15, -0.1) is 0 Å². The molecule has 324 valence electrons. The minimum atomic E-state index is -0.188. The van der Waals surface area contributed by atoms with Crippen LogP contribution in [-0.2, 0) is 27.3 Å². The Morgan fingerprint density at radius 2 is 1.61 bits per heavy atom. The lowest BCUT2D eigenvalue weighted by Crippen LogP contribution is -2.47. The number of pyridine rings is 1. The second kappa shape index (κ2) is 23.0. The molecule has 0 spiro atoms. The predicted molar refractivity (Wildman–Crippen MR) is 249 cm³/mol. The molecule has 2 aliphatic heterocycles. The molecule has 0 radical (unpaired) electrons. The summed E-state index contributed by atoms with van der Waals surface area (Å²) in [7, 11) is 0. The molecular formula is C48H64N10O3. The van der Waals surface area contributed by atoms with Crippen molar-refractivity contribution in [3.05, 3.63) is 107 Å². The smallest absolute Gasteiger partial charge is 0.265 e. The maximum atomic E-state index is 12.8. The molecule has 0 unspecified atom stereocenters. The monoisotopic (exact) mass is 829 g/mol. The molecule has 13 heteroatoms. The minimum Gasteiger partial charge on any atom is -0.368 e. The van der Waals surface area contributed by atoms with E-state index in [1.165, 1.54) is 5.56 Å². The number of nitrogens with one attached hydrogen (secondary N) is 3. The highest BCUT2D eigenvalue weighted by atomic mass is 16.2. The Morgan fingerprint density at radius 1 is 0.902 bits per heavy atom. The van der Waals surface area contributed by atoms with Crippen molar-refractivity contribution in [2.45, 2.75) is 88.6 Å². The van der Waals surface area contributed by atoms with Crippen molar-refractivity contribution in [1.82, 2.24) is 30.5 Å². The van der Waals surface area contributed by atoms with E-state index >= 15 is 0 Å². The van der Waals surface area contributed by atoms with Gasteiger partial charge in [0.2, 0.25) is 5.91 Å². The molecule has 13 nitrogen and oxygen atoms in total. The molecule has 0 atom stereocenters. The van der Waals surface area contributed by atoms with E-state index in [0.29, 0.717) is 36.9 Å². The van der Waals surface area contributed by atoms with Crippen LogP contribution in [0.25, 0.3) is 11.3 Å². The van der Waals surface area contributed by atoms with Gasteiger partial charge in [-0.05, 0) is 74.2 Å². The van der Waals surface area contributed by atoms with E-state index in [2.05, 4.69) is 90.7 Å². The molecule has 2 saturated heterocycles. The highest BCUT2D eigenvalue weighted by Crippen LogP contribution is 2.27. The van der Waals surface area contributed by atoms with Crippen molar-refractivity contribution in [1.29, 1.82) is 0 Å². The number of hydrogen-bond donors (Lipinski definition) is 3. The van der Waals surface area contributed by atoms with Crippen molar-refractivity contribution in [2.24, 2.45) is 10.4 Å². The van der Waals surface area contributed by atoms with Crippen LogP contribution in [-0.4, -0.2) is 82.6 Å². The maximum Gasteiger partial charge on any atom is 0.265 e. The lowest BCUT2D eigenvalue weighted by atomic mass is 9.92. The Morgan fingerprint density at radius 3 is 2.23 bits per heavy atom. The number of aryl methyl sites for hydroxylation is 1. The van der Waals surface area contributed by atoms with Crippen molar-refractivity contribution < 1.29 is 14.4 Å². The standard InChI is InChI=1S/C44H52N10O3.2C2H6/c1-7-38(44(4,5)6)49-31(3)43(57)46-26-34-11-10-33(24-30(34)2)37-25-40(48-29-47-37)50-39-15-14-36(27-45-39)53-22-20-52(21-23-53)18-16-32-8-12-35(13-9-32)54-19-17-42(56)51-41(54)28-55;2*1-2/h7-15,24-25,27,29H,16-23,26H2,1-6H3,(H,46,57)(H,51,56)(H,45,47,48,50);2*1-2H3/b38-7-,49-31?;;. The summed E-state index contributed by atoms with van der Waals surface area (Å²) in [4.78, 5) is 60.6. The van der Waals surface area contributed by atoms with Crippen LogP contribution in [0, 0.1) is 12.3 Å². The summed E-state index contributed by atoms with van der Waals surface area (Å²) < 4.78 is 0. The van der Waals surface area contributed by atoms with E-state index < -0.39 is 0 Å². The number of rotatable bonds is 12. The van der Waals surface area contributed by atoms with Gasteiger partial charge >= 0.3 is 0 Å². The quantitative estimate of drug-likeness (QED) is 0.0947. The van der Waals surface area contributed by atoms with E-state index in [0.717, 1.165) is 78.6 Å². The van der Waals surface area contributed by atoms with E-state index in [1.54, 1.807) is 18.2 Å². The van der Waals surface area contributed by atoms with Crippen LogP contribution in [0.5, 0.6) is 0 Å². The van der Waals surface area contributed by atoms with Gasteiger partial charge in [0.15, 0.2) is 11.8 Å². The summed E-state index contributed by atoms with van der Waals surface area (Å²) in [5.74, 6) is 3.01. The van der Waals surface area contributed by atoms with Gasteiger partial charge in [0.1, 0.15) is 23.7 Å². The first-order valence-electron chi connectivity index (χ1n) is 21.4. The summed E-state index contributed by atoms with van der Waals surface area (Å²) in [5, 5.41) is 8.92. The summed E-state index contributed by atoms with van der Waals surface area (Å²) in [6, 6.07) is 20.2. The molecule has 4 heterocycles. The second-order valence-electron chi connectivity index (χ2n) is 15.4. The van der Waals surface area contributed by atoms with Crippen LogP contribution in [0.4, 0.5) is 23.0 Å². The maximum absolute atomic E-state index is 12.8. The summed E-state index contributed by atoms with van der Waals surface area (Å²) >= 11 is 0. The molecule has 2 amide bonds. The highest BCUT2D eigenvalue weighted by Gasteiger charge is 2.23. The normalized spacial score (nSPS) is 14.8. The lowest BCUT2D eigenvalue weighted by molar-refractivity contribution is -0.120. The van der Waals surface area contributed by atoms with Crippen molar-refractivity contribution in [3.8, 4) is 11.3 Å². The summed E-state index contributed by atoms with van der Waals surface area (Å²) in [5.41, 5.74) is 8.15. The Balaban J connectivity index is 0.00000199. The average molecular weight is 829 g/mol. The number of hydrogen-bond acceptors (Lipinski definition) is 11. The molecule has 0 bridgehead atoms. The summed E-state index contributed by atoms with van der Waals surface area (Å²) in [6.07, 6.45) is 6.66. The predicted octanol–water partition coefficient (Wildman–Crippen LogP) is 8.03. The third-order valence-corrected chi connectivity index (χ3v) is 10.3. The molecular weight excluding hydrogens is 765 g/mol. The fourth-order valence-electron chi connectivity index (χ4n) is 6.90. The van der Waals surface area contributed by atoms with E-state index in [9.17, 15) is 14.4 Å². The molecule has 4 aromatic rings. The number of anilines is 4. The number of carbonyl (C=O) groups excluding carboxylic acids is 3. The fourth-order valence-corrected chi connectivity index (χ4v) is 6.90. The molecule has 3 N–H and O–H groups in total. The number of nitrogens with zero attached hydrogens (tertiary/aromatic N) is 7. The number of amides is 2. The van der Waals surface area contributed by atoms with E-state index in [-0.39, 0.29) is 23.1 Å². The van der Waals surface area contributed by atoms with Crippen molar-refractivity contribution in [3.63, 3.8) is 0 Å². The summed E-state index contributed by atoms with van der Waals surface area (Å²) in [6.45, 7) is 25.5. The SMILES string of the molecule is C/C=C(\N=C(C)C(=O)NCc1ccc(-c2cc(Nc3ccc(N4CCN(CCc5ccc(N6CCC(=O)NC6=C=O)cc5)CC4)cn3)ncn2)cc1C)C(C)(C)C.CC.CC. The first-order valence-corrected chi connectivity index (χ1v) is 21.4. The second-order valence-corrected chi connectivity index (χ2v) is 15.4. The van der Waals surface area contributed by atoms with Gasteiger partial charge in [-0.3, -0.25) is 19.5 Å². The van der Waals surface area contributed by atoms with Gasteiger partial charge in [-0.1, -0.05) is 78.8 Å². The third kappa shape index (κ3) is 13.4. The van der Waals surface area contributed by atoms with Gasteiger partial charge in [-0.2, -0.15) is 0 Å². The van der Waals surface area contributed by atoms with Crippen LogP contribution in [0.1, 0.15) is 85.4 Å². The zero-order chi connectivity index (χ0) is 44.5. The molecule has 2 aromatic heterocycles. The molecule has 0 aliphatic carbocycles. The van der Waals surface area contributed by atoms with E-state index in [4.69, 9.17) is 0 Å². The van der Waals surface area contributed by atoms with Gasteiger partial charge in [0, 0.05) is 80.7 Å². The van der Waals surface area contributed by atoms with Crippen LogP contribution >= 0.6 is 0 Å². The molecule has 2 aliphatic rings. The highest BCUT2D eigenvalue weighted by molar-refractivity contribution is 6.38. The average Bonchev–Trinajstić information content (AvgIpc) is 3.28. The van der Waals surface area contributed by atoms with Gasteiger partial charge in [0.05, 0.1) is 17.6 Å². The molecule has 2 fully saturated rings. The Bertz CT molecular complexity index is 2180. The number of allylic oxidation sites excluding steroid dienone is 2. The number of carbonyl (C=O) groups is 2. The van der Waals surface area contributed by atoms with Crippen LogP contribution in [0.2, 0.25) is 0 Å². The van der Waals surface area contributed by atoms with Crippen molar-refractivity contribution >= 4 is 46.5 Å². The Labute approximate surface area is 362 Å². The van der Waals surface area contributed by atoms with Gasteiger partial charge in [-0.25, -0.2) is 19.7 Å². The van der Waals surface area contributed by atoms with Gasteiger partial charge < -0.3 is 25.8 Å². The Kier molecular flexibility index (Phi) is 17.9. The topological polar surface area (TPSA) is 148 Å². The zero-order valence-electron chi connectivity index (χ0n) is 37.7. The zero-order valence-corrected chi connectivity index (χ0v) is 37.7. The first kappa shape index (κ1) is 47.5. The third-order valence-electron chi connectivity index (χ3n) is 10.3. The largest absolute Gasteiger partial charge is 0.368 e. The van der Waals surface area contributed by atoms with Crippen LogP contribution < -0.4 is 25.8 Å². The number of aliphatic imine (C=N–C) groups is 1. The van der Waals surface area contributed by atoms with Crippen LogP contribution in [0.3, 0.4) is 0 Å². The molecule has 2 aromatic carbocycles. The molecule has 0 saturated carbocycles. The van der Waals surface area contributed by atoms with Gasteiger partial charge in [0.25, 0.3) is 5.91 Å². The number of piperazine rings is 1. The Hall–Kier alpha value is -6.17. The first-order chi connectivity index (χ1) is 29.4. The molecule has 61 heavy (non-hydrogen) atoms. The minimum absolute atomic E-state index is 0.140. The fraction of sp³-hybridized carbons (Fsp3) is 0.417. The lowest BCUT2D eigenvalue weighted by Gasteiger charge is -2.36. The number of benzene rings is 2.